The van der Waals surface area contributed by atoms with Crippen molar-refractivity contribution in [1.82, 2.24) is 9.55 Å². The average Bonchev–Trinajstić information content (AvgIpc) is 2.59. The molecule has 0 aliphatic rings. The molecule has 17 heavy (non-hydrogen) atoms. The maximum atomic E-state index is 11.7. The third-order valence-electron chi connectivity index (χ3n) is 2.25. The van der Waals surface area contributed by atoms with E-state index in [1.165, 1.54) is 0 Å². The van der Waals surface area contributed by atoms with Gasteiger partial charge >= 0.3 is 5.97 Å². The van der Waals surface area contributed by atoms with E-state index in [0.29, 0.717) is 0 Å². The van der Waals surface area contributed by atoms with Gasteiger partial charge in [0, 0.05) is 0 Å². The molecule has 0 spiro atoms. The van der Waals surface area contributed by atoms with Gasteiger partial charge in [0.05, 0.1) is 17.4 Å². The van der Waals surface area contributed by atoms with Crippen molar-refractivity contribution in [1.29, 1.82) is 0 Å². The largest absolute Gasteiger partial charge is 0.459 e. The van der Waals surface area contributed by atoms with Crippen molar-refractivity contribution >= 4 is 17.0 Å². The average molecular weight is 232 g/mol. The van der Waals surface area contributed by atoms with E-state index in [0.717, 1.165) is 11.0 Å². The van der Waals surface area contributed by atoms with Crippen LogP contribution in [0.3, 0.4) is 0 Å². The van der Waals surface area contributed by atoms with Gasteiger partial charge in [-0.2, -0.15) is 0 Å². The highest BCUT2D eigenvalue weighted by Gasteiger charge is 2.17. The van der Waals surface area contributed by atoms with Gasteiger partial charge in [0.1, 0.15) is 12.1 Å². The van der Waals surface area contributed by atoms with E-state index in [9.17, 15) is 4.79 Å². The minimum atomic E-state index is -0.451. The fourth-order valence-corrected chi connectivity index (χ4v) is 1.65. The standard InChI is InChI=1S/C13H16N2O2/c1-13(2,3)17-12(16)8-15-9-14-10-6-4-5-7-11(10)15/h4-7,9H,8H2,1-3H3. The van der Waals surface area contributed by atoms with Gasteiger partial charge in [-0.1, -0.05) is 12.1 Å². The number of benzene rings is 1. The number of rotatable bonds is 2. The van der Waals surface area contributed by atoms with Crippen LogP contribution in [0.15, 0.2) is 30.6 Å². The lowest BCUT2D eigenvalue weighted by Gasteiger charge is -2.19. The normalized spacial score (nSPS) is 11.7. The Bertz CT molecular complexity index is 538. The molecule has 0 amide bonds. The molecule has 0 unspecified atom stereocenters. The minimum Gasteiger partial charge on any atom is -0.459 e. The molecule has 0 atom stereocenters. The van der Waals surface area contributed by atoms with Crippen molar-refractivity contribution in [2.24, 2.45) is 0 Å². The third kappa shape index (κ3) is 2.84. The lowest BCUT2D eigenvalue weighted by Crippen LogP contribution is -2.26. The molecule has 0 radical (unpaired) electrons. The fourth-order valence-electron chi connectivity index (χ4n) is 1.65. The number of esters is 1. The Kier molecular flexibility index (Phi) is 2.88. The van der Waals surface area contributed by atoms with Crippen LogP contribution in [0.1, 0.15) is 20.8 Å². The summed E-state index contributed by atoms with van der Waals surface area (Å²) in [6, 6.07) is 7.70. The predicted octanol–water partition coefficient (Wildman–Crippen LogP) is 2.38. The van der Waals surface area contributed by atoms with Gasteiger partial charge in [-0.05, 0) is 32.9 Å². The molecular formula is C13H16N2O2. The van der Waals surface area contributed by atoms with Crippen LogP contribution in [0.4, 0.5) is 0 Å². The summed E-state index contributed by atoms with van der Waals surface area (Å²) in [5, 5.41) is 0. The number of nitrogens with zero attached hydrogens (tertiary/aromatic N) is 2. The van der Waals surface area contributed by atoms with E-state index in [2.05, 4.69) is 4.98 Å². The number of carbonyl (C=O) groups excluding carboxylic acids is 1. The zero-order chi connectivity index (χ0) is 12.5. The van der Waals surface area contributed by atoms with Crippen LogP contribution in [0.2, 0.25) is 0 Å². The highest BCUT2D eigenvalue weighted by Crippen LogP contribution is 2.13. The highest BCUT2D eigenvalue weighted by atomic mass is 16.6. The first-order chi connectivity index (χ1) is 7.96. The number of fused-ring (bicyclic) bond motifs is 1. The van der Waals surface area contributed by atoms with Crippen LogP contribution in [-0.4, -0.2) is 21.1 Å². The first kappa shape index (κ1) is 11.6. The third-order valence-corrected chi connectivity index (χ3v) is 2.25. The lowest BCUT2D eigenvalue weighted by molar-refractivity contribution is -0.155. The van der Waals surface area contributed by atoms with Crippen LogP contribution in [0.25, 0.3) is 11.0 Å². The second-order valence-corrected chi connectivity index (χ2v) is 4.95. The van der Waals surface area contributed by atoms with E-state index in [-0.39, 0.29) is 12.5 Å². The van der Waals surface area contributed by atoms with Gasteiger partial charge in [-0.3, -0.25) is 4.79 Å². The van der Waals surface area contributed by atoms with Crippen LogP contribution >= 0.6 is 0 Å². The molecule has 0 saturated carbocycles. The molecule has 1 aromatic carbocycles. The molecule has 0 aliphatic heterocycles. The van der Waals surface area contributed by atoms with Gasteiger partial charge in [0.2, 0.25) is 0 Å². The summed E-state index contributed by atoms with van der Waals surface area (Å²) < 4.78 is 7.07. The molecule has 2 rings (SSSR count). The Balaban J connectivity index is 2.16. The van der Waals surface area contributed by atoms with Crippen LogP contribution in [0, 0.1) is 0 Å². The summed E-state index contributed by atoms with van der Waals surface area (Å²) in [7, 11) is 0. The second-order valence-electron chi connectivity index (χ2n) is 4.95. The van der Waals surface area contributed by atoms with Crippen LogP contribution < -0.4 is 0 Å². The van der Waals surface area contributed by atoms with Crippen LogP contribution in [-0.2, 0) is 16.1 Å². The van der Waals surface area contributed by atoms with Gasteiger partial charge in [-0.25, -0.2) is 4.98 Å². The van der Waals surface area contributed by atoms with E-state index in [1.54, 1.807) is 10.9 Å². The van der Waals surface area contributed by atoms with Crippen LogP contribution in [0.5, 0.6) is 0 Å². The van der Waals surface area contributed by atoms with Crippen molar-refractivity contribution in [3.05, 3.63) is 30.6 Å². The number of ether oxygens (including phenoxy) is 1. The SMILES string of the molecule is CC(C)(C)OC(=O)Cn1cnc2ccccc21. The van der Waals surface area contributed by atoms with E-state index in [4.69, 9.17) is 4.74 Å². The molecule has 90 valence electrons. The molecule has 0 fully saturated rings. The predicted molar refractivity (Wildman–Crippen MR) is 65.6 cm³/mol. The van der Waals surface area contributed by atoms with Crippen molar-refractivity contribution < 1.29 is 9.53 Å². The van der Waals surface area contributed by atoms with E-state index < -0.39 is 5.60 Å². The Labute approximate surface area is 100 Å². The molecule has 4 nitrogen and oxygen atoms in total. The van der Waals surface area contributed by atoms with Crippen molar-refractivity contribution in [3.8, 4) is 0 Å². The van der Waals surface area contributed by atoms with Gasteiger partial charge < -0.3 is 9.30 Å². The number of carbonyl (C=O) groups is 1. The first-order valence-electron chi connectivity index (χ1n) is 5.57. The summed E-state index contributed by atoms with van der Waals surface area (Å²) in [5.74, 6) is -0.249. The monoisotopic (exact) mass is 232 g/mol. The summed E-state index contributed by atoms with van der Waals surface area (Å²) in [6.07, 6.45) is 1.66. The summed E-state index contributed by atoms with van der Waals surface area (Å²) in [6.45, 7) is 5.77. The minimum absolute atomic E-state index is 0.192. The number of hydrogen-bond donors (Lipinski definition) is 0. The van der Waals surface area contributed by atoms with E-state index in [1.807, 2.05) is 45.0 Å². The zero-order valence-corrected chi connectivity index (χ0v) is 10.3. The Morgan fingerprint density at radius 2 is 2.06 bits per heavy atom. The molecule has 2 aromatic rings. The fraction of sp³-hybridized carbons (Fsp3) is 0.385. The first-order valence-corrected chi connectivity index (χ1v) is 5.57. The van der Waals surface area contributed by atoms with Crippen molar-refractivity contribution in [2.75, 3.05) is 0 Å². The summed E-state index contributed by atoms with van der Waals surface area (Å²) in [4.78, 5) is 15.9. The summed E-state index contributed by atoms with van der Waals surface area (Å²) >= 11 is 0. The molecule has 0 N–H and O–H groups in total. The summed E-state index contributed by atoms with van der Waals surface area (Å²) in [5.41, 5.74) is 1.38. The number of hydrogen-bond acceptors (Lipinski definition) is 3. The lowest BCUT2D eigenvalue weighted by atomic mass is 10.2. The molecule has 1 heterocycles. The quantitative estimate of drug-likeness (QED) is 0.747. The second kappa shape index (κ2) is 4.20. The van der Waals surface area contributed by atoms with Gasteiger partial charge in [-0.15, -0.1) is 0 Å². The number of imidazole rings is 1. The van der Waals surface area contributed by atoms with Gasteiger partial charge in [0.15, 0.2) is 0 Å². The molecule has 1 aromatic heterocycles. The van der Waals surface area contributed by atoms with E-state index >= 15 is 0 Å². The van der Waals surface area contributed by atoms with Gasteiger partial charge in [0.25, 0.3) is 0 Å². The molecule has 4 heteroatoms. The molecule has 0 saturated heterocycles. The molecular weight excluding hydrogens is 216 g/mol. The molecule has 0 aliphatic carbocycles. The highest BCUT2D eigenvalue weighted by molar-refractivity contribution is 5.78. The topological polar surface area (TPSA) is 44.1 Å². The number of para-hydroxylation sites is 2. The Morgan fingerprint density at radius 3 is 2.76 bits per heavy atom. The molecule has 0 bridgehead atoms. The maximum absolute atomic E-state index is 11.7. The Hall–Kier alpha value is -1.84. The smallest absolute Gasteiger partial charge is 0.326 e. The van der Waals surface area contributed by atoms with Crippen molar-refractivity contribution in [2.45, 2.75) is 32.9 Å². The maximum Gasteiger partial charge on any atom is 0.326 e. The number of aromatic nitrogens is 2. The zero-order valence-electron chi connectivity index (χ0n) is 10.3. The van der Waals surface area contributed by atoms with Crippen molar-refractivity contribution in [3.63, 3.8) is 0 Å². The Morgan fingerprint density at radius 1 is 1.35 bits per heavy atom.